The molecule has 1 aromatic rings. The summed E-state index contributed by atoms with van der Waals surface area (Å²) in [6.45, 7) is 6.80. The molecular formula is C24H37N3O2. The Bertz CT molecular complexity index is 719. The van der Waals surface area contributed by atoms with Crippen LogP contribution < -0.4 is 5.73 Å². The molecule has 2 amide bonds. The van der Waals surface area contributed by atoms with E-state index in [0.29, 0.717) is 19.1 Å². The number of hydrogen-bond donors (Lipinski definition) is 1. The molecule has 4 rings (SSSR count). The van der Waals surface area contributed by atoms with Gasteiger partial charge >= 0.3 is 6.03 Å². The molecule has 0 radical (unpaired) electrons. The number of ether oxygens (including phenoxy) is 1. The summed E-state index contributed by atoms with van der Waals surface area (Å²) in [6, 6.07) is 2.69. The number of fused-ring (bicyclic) bond motifs is 1. The van der Waals surface area contributed by atoms with Crippen molar-refractivity contribution in [3.8, 4) is 0 Å². The summed E-state index contributed by atoms with van der Waals surface area (Å²) in [6.07, 6.45) is 10.4. The van der Waals surface area contributed by atoms with E-state index in [2.05, 4.69) is 17.9 Å². The molecule has 0 aromatic heterocycles. The second-order valence-corrected chi connectivity index (χ2v) is 9.04. The summed E-state index contributed by atoms with van der Waals surface area (Å²) < 4.78 is 5.38. The van der Waals surface area contributed by atoms with E-state index in [1.54, 1.807) is 0 Å². The first-order valence-corrected chi connectivity index (χ1v) is 11.7. The first-order chi connectivity index (χ1) is 14.2. The van der Waals surface area contributed by atoms with Crippen LogP contribution in [0.1, 0.15) is 61.3 Å². The predicted molar refractivity (Wildman–Crippen MR) is 117 cm³/mol. The van der Waals surface area contributed by atoms with Crippen molar-refractivity contribution in [3.05, 3.63) is 28.3 Å². The Kier molecular flexibility index (Phi) is 6.63. The van der Waals surface area contributed by atoms with Gasteiger partial charge in [-0.1, -0.05) is 19.4 Å². The van der Waals surface area contributed by atoms with Gasteiger partial charge in [0.1, 0.15) is 0 Å². The fourth-order valence-corrected chi connectivity index (χ4v) is 5.37. The monoisotopic (exact) mass is 399 g/mol. The zero-order valence-electron chi connectivity index (χ0n) is 18.0. The number of aryl methyl sites for hydroxylation is 1. The SMILES string of the molecule is CCCc1c(CC2CCN(C(=O)N3CCOCC3)CC2)cc2c(c1N)CCCC2. The number of carbonyl (C=O) groups is 1. The minimum atomic E-state index is 0.205. The van der Waals surface area contributed by atoms with Gasteiger partial charge in [0.2, 0.25) is 0 Å². The number of piperidine rings is 1. The minimum absolute atomic E-state index is 0.205. The van der Waals surface area contributed by atoms with Crippen molar-refractivity contribution in [2.75, 3.05) is 45.1 Å². The number of anilines is 1. The van der Waals surface area contributed by atoms with Crippen LogP contribution in [0.5, 0.6) is 0 Å². The maximum absolute atomic E-state index is 12.7. The van der Waals surface area contributed by atoms with Crippen molar-refractivity contribution in [2.45, 2.75) is 64.7 Å². The average molecular weight is 400 g/mol. The number of nitrogens with two attached hydrogens (primary N) is 1. The second kappa shape index (κ2) is 9.38. The Labute approximate surface area is 175 Å². The molecule has 2 N–H and O–H groups in total. The fraction of sp³-hybridized carbons (Fsp3) is 0.708. The van der Waals surface area contributed by atoms with Gasteiger partial charge in [0.15, 0.2) is 0 Å². The van der Waals surface area contributed by atoms with Gasteiger partial charge in [0, 0.05) is 31.9 Å². The smallest absolute Gasteiger partial charge is 0.320 e. The number of rotatable bonds is 4. The van der Waals surface area contributed by atoms with Gasteiger partial charge < -0.3 is 20.3 Å². The Hall–Kier alpha value is -1.75. The zero-order chi connectivity index (χ0) is 20.2. The number of nitrogen functional groups attached to an aromatic ring is 1. The van der Waals surface area contributed by atoms with Crippen LogP contribution in [-0.4, -0.2) is 55.2 Å². The van der Waals surface area contributed by atoms with Crippen molar-refractivity contribution >= 4 is 11.7 Å². The molecule has 2 fully saturated rings. The summed E-state index contributed by atoms with van der Waals surface area (Å²) in [4.78, 5) is 16.7. The van der Waals surface area contributed by atoms with Crippen molar-refractivity contribution in [3.63, 3.8) is 0 Å². The van der Waals surface area contributed by atoms with Crippen LogP contribution in [0.3, 0.4) is 0 Å². The van der Waals surface area contributed by atoms with Crippen LogP contribution in [0, 0.1) is 5.92 Å². The summed E-state index contributed by atoms with van der Waals surface area (Å²) in [5.41, 5.74) is 13.6. The third-order valence-electron chi connectivity index (χ3n) is 7.07. The summed E-state index contributed by atoms with van der Waals surface area (Å²) in [7, 11) is 0. The number of morpholine rings is 1. The molecule has 0 atom stereocenters. The number of nitrogens with zero attached hydrogens (tertiary/aromatic N) is 2. The molecule has 0 saturated carbocycles. The lowest BCUT2D eigenvalue weighted by atomic mass is 9.81. The van der Waals surface area contributed by atoms with Gasteiger partial charge in [-0.15, -0.1) is 0 Å². The summed E-state index contributed by atoms with van der Waals surface area (Å²) in [5.74, 6) is 0.653. The third kappa shape index (κ3) is 4.55. The molecule has 0 unspecified atom stereocenters. The Balaban J connectivity index is 1.41. The highest BCUT2D eigenvalue weighted by atomic mass is 16.5. The van der Waals surface area contributed by atoms with E-state index in [9.17, 15) is 4.79 Å². The van der Waals surface area contributed by atoms with E-state index >= 15 is 0 Å². The molecule has 2 saturated heterocycles. The van der Waals surface area contributed by atoms with Gasteiger partial charge in [0.05, 0.1) is 13.2 Å². The average Bonchev–Trinajstić information content (AvgIpc) is 2.77. The minimum Gasteiger partial charge on any atom is -0.398 e. The molecule has 2 aliphatic heterocycles. The molecule has 5 heteroatoms. The van der Waals surface area contributed by atoms with Crippen LogP contribution in [0.2, 0.25) is 0 Å². The van der Waals surface area contributed by atoms with Crippen LogP contribution in [0.15, 0.2) is 6.07 Å². The molecule has 2 heterocycles. The lowest BCUT2D eigenvalue weighted by Gasteiger charge is -2.37. The predicted octanol–water partition coefficient (Wildman–Crippen LogP) is 3.81. The van der Waals surface area contributed by atoms with Crippen LogP contribution in [-0.2, 0) is 30.4 Å². The van der Waals surface area contributed by atoms with Crippen LogP contribution in [0.4, 0.5) is 10.5 Å². The maximum atomic E-state index is 12.7. The largest absolute Gasteiger partial charge is 0.398 e. The molecule has 0 bridgehead atoms. The lowest BCUT2D eigenvalue weighted by Crippen LogP contribution is -2.50. The Morgan fingerprint density at radius 2 is 1.79 bits per heavy atom. The van der Waals surface area contributed by atoms with Crippen LogP contribution >= 0.6 is 0 Å². The van der Waals surface area contributed by atoms with E-state index in [1.165, 1.54) is 41.5 Å². The van der Waals surface area contributed by atoms with Crippen molar-refractivity contribution < 1.29 is 9.53 Å². The van der Waals surface area contributed by atoms with Gasteiger partial charge in [-0.05, 0) is 79.5 Å². The zero-order valence-corrected chi connectivity index (χ0v) is 18.0. The fourth-order valence-electron chi connectivity index (χ4n) is 5.37. The van der Waals surface area contributed by atoms with E-state index in [4.69, 9.17) is 10.5 Å². The summed E-state index contributed by atoms with van der Waals surface area (Å²) in [5, 5.41) is 0. The third-order valence-corrected chi connectivity index (χ3v) is 7.07. The van der Waals surface area contributed by atoms with E-state index < -0.39 is 0 Å². The maximum Gasteiger partial charge on any atom is 0.320 e. The number of carbonyl (C=O) groups excluding carboxylic acids is 1. The van der Waals surface area contributed by atoms with Gasteiger partial charge in [-0.2, -0.15) is 0 Å². The van der Waals surface area contributed by atoms with Crippen molar-refractivity contribution in [2.24, 2.45) is 5.92 Å². The highest BCUT2D eigenvalue weighted by Gasteiger charge is 2.28. The van der Waals surface area contributed by atoms with Crippen LogP contribution in [0.25, 0.3) is 0 Å². The quantitative estimate of drug-likeness (QED) is 0.784. The Morgan fingerprint density at radius 3 is 2.52 bits per heavy atom. The standard InChI is InChI=1S/C24H37N3O2/c1-2-5-21-20(17-19-6-3-4-7-22(19)23(21)25)16-18-8-10-26(11-9-18)24(28)27-12-14-29-15-13-27/h17-18H,2-16,25H2,1H3. The number of benzene rings is 1. The molecular weight excluding hydrogens is 362 g/mol. The summed E-state index contributed by atoms with van der Waals surface area (Å²) >= 11 is 0. The van der Waals surface area contributed by atoms with E-state index in [-0.39, 0.29) is 6.03 Å². The number of hydrogen-bond acceptors (Lipinski definition) is 3. The van der Waals surface area contributed by atoms with E-state index in [0.717, 1.165) is 70.4 Å². The number of likely N-dealkylation sites (tertiary alicyclic amines) is 1. The molecule has 0 spiro atoms. The second-order valence-electron chi connectivity index (χ2n) is 9.04. The highest BCUT2D eigenvalue weighted by Crippen LogP contribution is 2.34. The van der Waals surface area contributed by atoms with E-state index in [1.807, 2.05) is 4.90 Å². The number of urea groups is 1. The first-order valence-electron chi connectivity index (χ1n) is 11.7. The van der Waals surface area contributed by atoms with Crippen molar-refractivity contribution in [1.82, 2.24) is 9.80 Å². The molecule has 3 aliphatic rings. The molecule has 1 aromatic carbocycles. The molecule has 160 valence electrons. The van der Waals surface area contributed by atoms with Gasteiger partial charge in [-0.25, -0.2) is 4.79 Å². The van der Waals surface area contributed by atoms with Gasteiger partial charge in [0.25, 0.3) is 0 Å². The van der Waals surface area contributed by atoms with Crippen molar-refractivity contribution in [1.29, 1.82) is 0 Å². The normalized spacial score (nSPS) is 20.6. The molecule has 29 heavy (non-hydrogen) atoms. The topological polar surface area (TPSA) is 58.8 Å². The lowest BCUT2D eigenvalue weighted by molar-refractivity contribution is 0.0400. The molecule has 1 aliphatic carbocycles. The van der Waals surface area contributed by atoms with Gasteiger partial charge in [-0.3, -0.25) is 0 Å². The first kappa shape index (κ1) is 20.5. The molecule has 5 nitrogen and oxygen atoms in total. The number of amides is 2. The Morgan fingerprint density at radius 1 is 1.10 bits per heavy atom. The highest BCUT2D eigenvalue weighted by molar-refractivity contribution is 5.74.